The Hall–Kier alpha value is -1.76. The van der Waals surface area contributed by atoms with Gasteiger partial charge in [0.1, 0.15) is 5.75 Å². The third kappa shape index (κ3) is 5.87. The highest BCUT2D eigenvalue weighted by Crippen LogP contribution is 2.38. The maximum Gasteiger partial charge on any atom is 0.118 e. The van der Waals surface area contributed by atoms with Gasteiger partial charge in [-0.3, -0.25) is 0 Å². The van der Waals surface area contributed by atoms with Gasteiger partial charge >= 0.3 is 0 Å². The van der Waals surface area contributed by atoms with E-state index in [1.54, 1.807) is 7.11 Å². The molecule has 0 heterocycles. The van der Waals surface area contributed by atoms with Crippen LogP contribution in [0.1, 0.15) is 70.8 Å². The Morgan fingerprint density at radius 1 is 0.857 bits per heavy atom. The summed E-state index contributed by atoms with van der Waals surface area (Å²) in [5.74, 6) is 3.73. The van der Waals surface area contributed by atoms with Crippen molar-refractivity contribution in [3.05, 3.63) is 54.1 Å². The Morgan fingerprint density at radius 3 is 2.14 bits per heavy atom. The number of ether oxygens (including phenoxy) is 1. The van der Waals surface area contributed by atoms with E-state index >= 15 is 0 Å². The average Bonchev–Trinajstić information content (AvgIpc) is 2.74. The van der Waals surface area contributed by atoms with Crippen LogP contribution in [0.5, 0.6) is 5.75 Å². The SMILES string of the molecule is CCCCCC1CCC(CCc2ccc(-c3ccc(OC)cc3)cc2)C(C)C1. The van der Waals surface area contributed by atoms with Crippen molar-refractivity contribution >= 4 is 0 Å². The van der Waals surface area contributed by atoms with E-state index in [4.69, 9.17) is 4.74 Å². The summed E-state index contributed by atoms with van der Waals surface area (Å²) in [5.41, 5.74) is 4.02. The monoisotopic (exact) mass is 378 g/mol. The molecule has 0 saturated heterocycles. The van der Waals surface area contributed by atoms with Crippen LogP contribution in [0.2, 0.25) is 0 Å². The summed E-state index contributed by atoms with van der Waals surface area (Å²) in [7, 11) is 1.71. The number of unbranched alkanes of at least 4 members (excludes halogenated alkanes) is 2. The second-order valence-corrected chi connectivity index (χ2v) is 8.88. The van der Waals surface area contributed by atoms with Crippen molar-refractivity contribution in [2.75, 3.05) is 7.11 Å². The second-order valence-electron chi connectivity index (χ2n) is 8.88. The summed E-state index contributed by atoms with van der Waals surface area (Å²) in [4.78, 5) is 0. The summed E-state index contributed by atoms with van der Waals surface area (Å²) < 4.78 is 5.25. The Labute approximate surface area is 172 Å². The van der Waals surface area contributed by atoms with Gasteiger partial charge in [0.2, 0.25) is 0 Å². The Morgan fingerprint density at radius 2 is 1.54 bits per heavy atom. The molecule has 2 aromatic carbocycles. The van der Waals surface area contributed by atoms with Crippen LogP contribution in [-0.4, -0.2) is 7.11 Å². The molecule has 2 aromatic rings. The van der Waals surface area contributed by atoms with Gasteiger partial charge in [0.15, 0.2) is 0 Å². The lowest BCUT2D eigenvalue weighted by Crippen LogP contribution is -2.23. The molecule has 0 spiro atoms. The molecule has 1 heteroatoms. The van der Waals surface area contributed by atoms with Crippen molar-refractivity contribution in [1.82, 2.24) is 0 Å². The smallest absolute Gasteiger partial charge is 0.118 e. The van der Waals surface area contributed by atoms with Gasteiger partial charge in [-0.1, -0.05) is 82.3 Å². The number of hydrogen-bond donors (Lipinski definition) is 0. The molecule has 152 valence electrons. The fraction of sp³-hybridized carbons (Fsp3) is 0.556. The van der Waals surface area contributed by atoms with E-state index in [-0.39, 0.29) is 0 Å². The largest absolute Gasteiger partial charge is 0.497 e. The van der Waals surface area contributed by atoms with Gasteiger partial charge in [-0.2, -0.15) is 0 Å². The molecule has 1 fully saturated rings. The lowest BCUT2D eigenvalue weighted by Gasteiger charge is -2.34. The fourth-order valence-corrected chi connectivity index (χ4v) is 4.94. The molecule has 1 nitrogen and oxygen atoms in total. The lowest BCUT2D eigenvalue weighted by molar-refractivity contribution is 0.175. The normalized spacial score (nSPS) is 22.2. The molecule has 0 radical (unpaired) electrons. The van der Waals surface area contributed by atoms with Crippen LogP contribution in [0.3, 0.4) is 0 Å². The highest BCUT2D eigenvalue weighted by atomic mass is 16.5. The van der Waals surface area contributed by atoms with E-state index in [1.807, 2.05) is 12.1 Å². The summed E-state index contributed by atoms with van der Waals surface area (Å²) in [6.07, 6.45) is 12.6. The average molecular weight is 379 g/mol. The first-order chi connectivity index (χ1) is 13.7. The van der Waals surface area contributed by atoms with Gasteiger partial charge in [0.05, 0.1) is 7.11 Å². The molecule has 3 rings (SSSR count). The van der Waals surface area contributed by atoms with E-state index in [9.17, 15) is 0 Å². The zero-order valence-corrected chi connectivity index (χ0v) is 18.1. The van der Waals surface area contributed by atoms with E-state index in [0.717, 1.165) is 23.5 Å². The van der Waals surface area contributed by atoms with Crippen LogP contribution < -0.4 is 4.74 Å². The van der Waals surface area contributed by atoms with E-state index in [1.165, 1.54) is 74.5 Å². The molecular formula is C27H38O. The standard InChI is InChI=1S/C27H38O/c1-4-5-6-7-23-11-13-24(21(2)20-23)12-8-22-9-14-25(15-10-22)26-16-18-27(28-3)19-17-26/h9-10,14-19,21,23-24H,4-8,11-13,20H2,1-3H3. The van der Waals surface area contributed by atoms with Gasteiger partial charge in [-0.15, -0.1) is 0 Å². The van der Waals surface area contributed by atoms with Crippen LogP contribution in [-0.2, 0) is 6.42 Å². The molecule has 1 aliphatic rings. The van der Waals surface area contributed by atoms with Crippen LogP contribution in [0.15, 0.2) is 48.5 Å². The van der Waals surface area contributed by atoms with Crippen molar-refractivity contribution in [3.63, 3.8) is 0 Å². The molecule has 0 bridgehead atoms. The Bertz CT molecular complexity index is 685. The Kier molecular flexibility index (Phi) is 8.01. The number of methoxy groups -OCH3 is 1. The molecule has 3 atom stereocenters. The number of rotatable bonds is 9. The molecule has 0 N–H and O–H groups in total. The summed E-state index contributed by atoms with van der Waals surface area (Å²) in [6, 6.07) is 17.5. The maximum atomic E-state index is 5.25. The van der Waals surface area contributed by atoms with Crippen molar-refractivity contribution in [1.29, 1.82) is 0 Å². The van der Waals surface area contributed by atoms with Crippen LogP contribution in [0.4, 0.5) is 0 Å². The molecule has 1 saturated carbocycles. The molecule has 0 aromatic heterocycles. The van der Waals surface area contributed by atoms with Crippen molar-refractivity contribution in [2.45, 2.75) is 71.6 Å². The zero-order chi connectivity index (χ0) is 19.8. The van der Waals surface area contributed by atoms with Gasteiger partial charge in [-0.25, -0.2) is 0 Å². The Balaban J connectivity index is 1.47. The first-order valence-corrected chi connectivity index (χ1v) is 11.4. The molecule has 3 unspecified atom stereocenters. The quantitative estimate of drug-likeness (QED) is 0.402. The fourth-order valence-electron chi connectivity index (χ4n) is 4.94. The molecule has 0 amide bonds. The van der Waals surface area contributed by atoms with E-state index in [2.05, 4.69) is 50.2 Å². The van der Waals surface area contributed by atoms with Crippen molar-refractivity contribution in [2.24, 2.45) is 17.8 Å². The summed E-state index contributed by atoms with van der Waals surface area (Å²) >= 11 is 0. The van der Waals surface area contributed by atoms with Crippen LogP contribution in [0, 0.1) is 17.8 Å². The highest BCUT2D eigenvalue weighted by molar-refractivity contribution is 5.64. The summed E-state index contributed by atoms with van der Waals surface area (Å²) in [6.45, 7) is 4.81. The minimum absolute atomic E-state index is 0.902. The van der Waals surface area contributed by atoms with E-state index < -0.39 is 0 Å². The zero-order valence-electron chi connectivity index (χ0n) is 18.1. The minimum atomic E-state index is 0.902. The third-order valence-electron chi connectivity index (χ3n) is 6.85. The third-order valence-corrected chi connectivity index (χ3v) is 6.85. The molecular weight excluding hydrogens is 340 g/mol. The van der Waals surface area contributed by atoms with Crippen molar-refractivity contribution in [3.8, 4) is 16.9 Å². The minimum Gasteiger partial charge on any atom is -0.497 e. The lowest BCUT2D eigenvalue weighted by atomic mass is 9.71. The first kappa shape index (κ1) is 21.0. The number of benzene rings is 2. The number of hydrogen-bond acceptors (Lipinski definition) is 1. The molecule has 28 heavy (non-hydrogen) atoms. The van der Waals surface area contributed by atoms with E-state index in [0.29, 0.717) is 0 Å². The number of aryl methyl sites for hydroxylation is 1. The van der Waals surface area contributed by atoms with Gasteiger partial charge < -0.3 is 4.74 Å². The van der Waals surface area contributed by atoms with Gasteiger partial charge in [0, 0.05) is 0 Å². The molecule has 1 aliphatic carbocycles. The van der Waals surface area contributed by atoms with Crippen molar-refractivity contribution < 1.29 is 4.74 Å². The predicted octanol–water partition coefficient (Wildman–Crippen LogP) is 7.93. The predicted molar refractivity (Wildman–Crippen MR) is 121 cm³/mol. The van der Waals surface area contributed by atoms with Gasteiger partial charge in [-0.05, 0) is 72.3 Å². The first-order valence-electron chi connectivity index (χ1n) is 11.4. The maximum absolute atomic E-state index is 5.25. The van der Waals surface area contributed by atoms with Crippen LogP contribution >= 0.6 is 0 Å². The topological polar surface area (TPSA) is 9.23 Å². The second kappa shape index (κ2) is 10.7. The van der Waals surface area contributed by atoms with Gasteiger partial charge in [0.25, 0.3) is 0 Å². The molecule has 0 aliphatic heterocycles. The highest BCUT2D eigenvalue weighted by Gasteiger charge is 2.26. The van der Waals surface area contributed by atoms with Crippen LogP contribution in [0.25, 0.3) is 11.1 Å². The summed E-state index contributed by atoms with van der Waals surface area (Å²) in [5, 5.41) is 0.